The SMILES string of the molecule is CC(N1CCOCC1)n1cc[nH]c1=S. The lowest BCUT2D eigenvalue weighted by molar-refractivity contribution is 0.00332. The first-order chi connectivity index (χ1) is 6.79. The van der Waals surface area contributed by atoms with E-state index in [0.29, 0.717) is 6.17 Å². The lowest BCUT2D eigenvalue weighted by Gasteiger charge is -2.32. The molecule has 0 aliphatic carbocycles. The third-order valence-corrected chi connectivity index (χ3v) is 2.98. The quantitative estimate of drug-likeness (QED) is 0.754. The second-order valence-corrected chi connectivity index (χ2v) is 3.84. The minimum Gasteiger partial charge on any atom is -0.379 e. The van der Waals surface area contributed by atoms with Gasteiger partial charge in [0.15, 0.2) is 4.77 Å². The van der Waals surface area contributed by atoms with Crippen LogP contribution in [0.1, 0.15) is 13.1 Å². The Labute approximate surface area is 88.5 Å². The third-order valence-electron chi connectivity index (χ3n) is 2.65. The number of nitrogens with one attached hydrogen (secondary N) is 1. The number of aromatic nitrogens is 2. The summed E-state index contributed by atoms with van der Waals surface area (Å²) in [5, 5.41) is 0. The number of nitrogens with zero attached hydrogens (tertiary/aromatic N) is 2. The number of imidazole rings is 1. The number of ether oxygens (including phenoxy) is 1. The summed E-state index contributed by atoms with van der Waals surface area (Å²) in [5.74, 6) is 0. The summed E-state index contributed by atoms with van der Waals surface area (Å²) in [6.07, 6.45) is 4.18. The molecule has 1 fully saturated rings. The third kappa shape index (κ3) is 1.89. The van der Waals surface area contributed by atoms with Gasteiger partial charge in [0.2, 0.25) is 0 Å². The van der Waals surface area contributed by atoms with Crippen LogP contribution >= 0.6 is 12.2 Å². The van der Waals surface area contributed by atoms with Crippen LogP contribution in [-0.2, 0) is 4.74 Å². The molecule has 1 atom stereocenters. The van der Waals surface area contributed by atoms with Gasteiger partial charge < -0.3 is 14.3 Å². The van der Waals surface area contributed by atoms with Gasteiger partial charge in [-0.2, -0.15) is 0 Å². The highest BCUT2D eigenvalue weighted by molar-refractivity contribution is 7.71. The van der Waals surface area contributed by atoms with Crippen molar-refractivity contribution in [1.82, 2.24) is 14.5 Å². The molecule has 1 aromatic heterocycles. The average molecular weight is 213 g/mol. The standard InChI is InChI=1S/C9H15N3OS/c1-8(11-4-6-13-7-5-11)12-3-2-10-9(12)14/h2-3,8H,4-7H2,1H3,(H,10,14). The van der Waals surface area contributed by atoms with Crippen LogP contribution in [0.25, 0.3) is 0 Å². The highest BCUT2D eigenvalue weighted by Gasteiger charge is 2.18. The second-order valence-electron chi connectivity index (χ2n) is 3.45. The van der Waals surface area contributed by atoms with Crippen LogP contribution in [-0.4, -0.2) is 40.8 Å². The van der Waals surface area contributed by atoms with Gasteiger partial charge >= 0.3 is 0 Å². The van der Waals surface area contributed by atoms with Gasteiger partial charge in [0, 0.05) is 25.5 Å². The molecule has 0 spiro atoms. The largest absolute Gasteiger partial charge is 0.379 e. The van der Waals surface area contributed by atoms with E-state index in [4.69, 9.17) is 17.0 Å². The van der Waals surface area contributed by atoms with E-state index < -0.39 is 0 Å². The smallest absolute Gasteiger partial charge is 0.178 e. The summed E-state index contributed by atoms with van der Waals surface area (Å²) in [4.78, 5) is 5.38. The summed E-state index contributed by atoms with van der Waals surface area (Å²) in [7, 11) is 0. The Morgan fingerprint density at radius 1 is 1.50 bits per heavy atom. The molecular formula is C9H15N3OS. The molecule has 0 aromatic carbocycles. The van der Waals surface area contributed by atoms with E-state index in [9.17, 15) is 0 Å². The minimum atomic E-state index is 0.317. The first-order valence-corrected chi connectivity index (χ1v) is 5.27. The molecule has 0 bridgehead atoms. The molecule has 1 aliphatic rings. The maximum absolute atomic E-state index is 5.31. The first-order valence-electron chi connectivity index (χ1n) is 4.86. The van der Waals surface area contributed by atoms with E-state index in [2.05, 4.69) is 21.4 Å². The van der Waals surface area contributed by atoms with Crippen molar-refractivity contribution in [2.75, 3.05) is 26.3 Å². The zero-order valence-electron chi connectivity index (χ0n) is 8.27. The maximum Gasteiger partial charge on any atom is 0.178 e. The Balaban J connectivity index is 2.11. The monoisotopic (exact) mass is 213 g/mol. The summed E-state index contributed by atoms with van der Waals surface area (Å²) in [6, 6.07) is 0. The zero-order chi connectivity index (χ0) is 9.97. The molecule has 5 heteroatoms. The zero-order valence-corrected chi connectivity index (χ0v) is 9.09. The number of rotatable bonds is 2. The van der Waals surface area contributed by atoms with Crippen LogP contribution in [0.15, 0.2) is 12.4 Å². The van der Waals surface area contributed by atoms with E-state index in [1.807, 2.05) is 12.4 Å². The molecule has 1 unspecified atom stereocenters. The molecule has 4 nitrogen and oxygen atoms in total. The Kier molecular flexibility index (Phi) is 3.00. The van der Waals surface area contributed by atoms with E-state index in [-0.39, 0.29) is 0 Å². The lowest BCUT2D eigenvalue weighted by atomic mass is 10.3. The van der Waals surface area contributed by atoms with Gasteiger partial charge in [-0.1, -0.05) is 0 Å². The summed E-state index contributed by atoms with van der Waals surface area (Å²) < 4.78 is 8.16. The summed E-state index contributed by atoms with van der Waals surface area (Å²) in [6.45, 7) is 5.77. The predicted molar refractivity (Wildman–Crippen MR) is 56.7 cm³/mol. The Hall–Kier alpha value is -0.650. The van der Waals surface area contributed by atoms with E-state index in [0.717, 1.165) is 31.1 Å². The highest BCUT2D eigenvalue weighted by atomic mass is 32.1. The predicted octanol–water partition coefficient (Wildman–Crippen LogP) is 1.40. The molecule has 0 amide bonds. The molecule has 78 valence electrons. The maximum atomic E-state index is 5.31. The number of hydrogen-bond donors (Lipinski definition) is 1. The van der Waals surface area contributed by atoms with Crippen molar-refractivity contribution in [2.45, 2.75) is 13.1 Å². The molecular weight excluding hydrogens is 198 g/mol. The average Bonchev–Trinajstić information content (AvgIpc) is 2.65. The van der Waals surface area contributed by atoms with Crippen molar-refractivity contribution in [3.63, 3.8) is 0 Å². The van der Waals surface area contributed by atoms with Crippen molar-refractivity contribution in [3.05, 3.63) is 17.2 Å². The van der Waals surface area contributed by atoms with Crippen molar-refractivity contribution in [2.24, 2.45) is 0 Å². The van der Waals surface area contributed by atoms with Crippen LogP contribution in [0.2, 0.25) is 0 Å². The molecule has 1 aromatic rings. The molecule has 0 saturated carbocycles. The van der Waals surface area contributed by atoms with Crippen LogP contribution in [0.3, 0.4) is 0 Å². The fourth-order valence-corrected chi connectivity index (χ4v) is 2.03. The Morgan fingerprint density at radius 2 is 2.21 bits per heavy atom. The molecule has 14 heavy (non-hydrogen) atoms. The van der Waals surface area contributed by atoms with Gasteiger partial charge in [0.1, 0.15) is 0 Å². The summed E-state index contributed by atoms with van der Waals surface area (Å²) >= 11 is 5.18. The molecule has 2 rings (SSSR count). The van der Waals surface area contributed by atoms with Gasteiger partial charge in [0.05, 0.1) is 19.4 Å². The van der Waals surface area contributed by atoms with Crippen molar-refractivity contribution in [1.29, 1.82) is 0 Å². The fourth-order valence-electron chi connectivity index (χ4n) is 1.75. The summed E-state index contributed by atoms with van der Waals surface area (Å²) in [5.41, 5.74) is 0. The fraction of sp³-hybridized carbons (Fsp3) is 0.667. The number of morpholine rings is 1. The molecule has 1 saturated heterocycles. The number of hydrogen-bond acceptors (Lipinski definition) is 3. The normalized spacial score (nSPS) is 20.9. The number of aromatic amines is 1. The van der Waals surface area contributed by atoms with Crippen LogP contribution in [0.5, 0.6) is 0 Å². The van der Waals surface area contributed by atoms with Crippen molar-refractivity contribution >= 4 is 12.2 Å². The molecule has 1 aliphatic heterocycles. The van der Waals surface area contributed by atoms with E-state index >= 15 is 0 Å². The Morgan fingerprint density at radius 3 is 2.79 bits per heavy atom. The molecule has 1 N–H and O–H groups in total. The lowest BCUT2D eigenvalue weighted by Crippen LogP contribution is -2.40. The van der Waals surface area contributed by atoms with Crippen LogP contribution < -0.4 is 0 Å². The van der Waals surface area contributed by atoms with Crippen LogP contribution in [0.4, 0.5) is 0 Å². The van der Waals surface area contributed by atoms with E-state index in [1.165, 1.54) is 0 Å². The van der Waals surface area contributed by atoms with Gasteiger partial charge in [0.25, 0.3) is 0 Å². The van der Waals surface area contributed by atoms with Gasteiger partial charge in [-0.15, -0.1) is 0 Å². The van der Waals surface area contributed by atoms with E-state index in [1.54, 1.807) is 0 Å². The highest BCUT2D eigenvalue weighted by Crippen LogP contribution is 2.14. The minimum absolute atomic E-state index is 0.317. The topological polar surface area (TPSA) is 33.2 Å². The second kappa shape index (κ2) is 4.25. The molecule has 2 heterocycles. The molecule has 0 radical (unpaired) electrons. The van der Waals surface area contributed by atoms with Gasteiger partial charge in [-0.3, -0.25) is 4.90 Å². The number of H-pyrrole nitrogens is 1. The first kappa shape index (κ1) is 9.89. The van der Waals surface area contributed by atoms with Crippen molar-refractivity contribution < 1.29 is 4.74 Å². The van der Waals surface area contributed by atoms with Gasteiger partial charge in [-0.05, 0) is 19.1 Å². The van der Waals surface area contributed by atoms with Gasteiger partial charge in [-0.25, -0.2) is 0 Å². The Bertz CT molecular complexity index is 340. The van der Waals surface area contributed by atoms with Crippen LogP contribution in [0, 0.1) is 4.77 Å². The van der Waals surface area contributed by atoms with Crippen molar-refractivity contribution in [3.8, 4) is 0 Å².